The number of amides is 2. The predicted octanol–water partition coefficient (Wildman–Crippen LogP) is 4.68. The van der Waals surface area contributed by atoms with Crippen molar-refractivity contribution in [2.75, 3.05) is 17.7 Å². The van der Waals surface area contributed by atoms with Crippen LogP contribution < -0.4 is 15.4 Å². The summed E-state index contributed by atoms with van der Waals surface area (Å²) < 4.78 is 18.7. The summed E-state index contributed by atoms with van der Waals surface area (Å²) in [5.74, 6) is -1.03. The minimum absolute atomic E-state index is 0.158. The molecule has 0 radical (unpaired) electrons. The van der Waals surface area contributed by atoms with E-state index < -0.39 is 17.6 Å². The fourth-order valence-electron chi connectivity index (χ4n) is 3.10. The molecule has 0 unspecified atom stereocenters. The number of ether oxygens (including phenoxy) is 1. The number of hydrogen-bond acceptors (Lipinski definition) is 5. The summed E-state index contributed by atoms with van der Waals surface area (Å²) >= 11 is 0. The van der Waals surface area contributed by atoms with E-state index in [0.29, 0.717) is 22.8 Å². The molecule has 3 aromatic carbocycles. The van der Waals surface area contributed by atoms with Crippen LogP contribution in [-0.2, 0) is 4.79 Å². The van der Waals surface area contributed by atoms with Gasteiger partial charge in [0, 0.05) is 17.3 Å². The Kier molecular flexibility index (Phi) is 6.36. The minimum Gasteiger partial charge on any atom is -0.495 e. The van der Waals surface area contributed by atoms with Crippen molar-refractivity contribution in [2.45, 2.75) is 0 Å². The summed E-state index contributed by atoms with van der Waals surface area (Å²) in [7, 11) is 1.46. The van der Waals surface area contributed by atoms with Crippen LogP contribution in [0.3, 0.4) is 0 Å². The van der Waals surface area contributed by atoms with E-state index in [9.17, 15) is 14.0 Å². The van der Waals surface area contributed by atoms with Crippen LogP contribution in [0.15, 0.2) is 79.0 Å². The van der Waals surface area contributed by atoms with Crippen LogP contribution in [0.4, 0.5) is 15.8 Å². The van der Waals surface area contributed by atoms with E-state index in [0.717, 1.165) is 17.1 Å². The van der Waals surface area contributed by atoms with Crippen LogP contribution in [0.5, 0.6) is 5.75 Å². The quantitative estimate of drug-likeness (QED) is 0.423. The van der Waals surface area contributed by atoms with Crippen molar-refractivity contribution in [2.24, 2.45) is 0 Å². The van der Waals surface area contributed by atoms with Gasteiger partial charge >= 0.3 is 0 Å². The van der Waals surface area contributed by atoms with Gasteiger partial charge in [-0.3, -0.25) is 14.6 Å². The normalized spacial score (nSPS) is 10.8. The van der Waals surface area contributed by atoms with E-state index in [2.05, 4.69) is 20.6 Å². The molecule has 0 aliphatic carbocycles. The fraction of sp³-hybridized carbons (Fsp3) is 0.0400. The molecule has 0 bridgehead atoms. The largest absolute Gasteiger partial charge is 0.495 e. The highest BCUT2D eigenvalue weighted by Crippen LogP contribution is 2.28. The van der Waals surface area contributed by atoms with E-state index in [4.69, 9.17) is 4.74 Å². The van der Waals surface area contributed by atoms with Gasteiger partial charge in [-0.15, -0.1) is 0 Å². The highest BCUT2D eigenvalue weighted by Gasteiger charge is 2.12. The molecule has 2 amide bonds. The number of para-hydroxylation sites is 2. The summed E-state index contributed by atoms with van der Waals surface area (Å²) in [5.41, 5.74) is 2.96. The lowest BCUT2D eigenvalue weighted by atomic mass is 10.2. The van der Waals surface area contributed by atoms with Crippen molar-refractivity contribution in [3.63, 3.8) is 0 Å². The number of carbonyl (C=O) groups is 2. The Balaban J connectivity index is 1.47. The Labute approximate surface area is 189 Å². The molecular weight excluding hydrogens is 423 g/mol. The fourth-order valence-corrected chi connectivity index (χ4v) is 3.10. The first-order valence-corrected chi connectivity index (χ1v) is 9.97. The summed E-state index contributed by atoms with van der Waals surface area (Å²) in [5, 5.41) is 5.40. The lowest BCUT2D eigenvalue weighted by Gasteiger charge is -2.12. The molecule has 0 aliphatic heterocycles. The SMILES string of the molecule is COc1ccc(NC(=O)/C=C/c2cnc3ccccc3n2)cc1NC(=O)c1cccc(F)c1. The molecule has 1 heterocycles. The summed E-state index contributed by atoms with van der Waals surface area (Å²) in [4.78, 5) is 33.6. The number of benzene rings is 3. The van der Waals surface area contributed by atoms with Gasteiger partial charge in [0.15, 0.2) is 0 Å². The molecule has 4 aromatic rings. The van der Waals surface area contributed by atoms with E-state index in [1.807, 2.05) is 24.3 Å². The molecule has 2 N–H and O–H groups in total. The number of nitrogens with zero attached hydrogens (tertiary/aromatic N) is 2. The third-order valence-electron chi connectivity index (χ3n) is 4.67. The number of methoxy groups -OCH3 is 1. The maximum absolute atomic E-state index is 13.4. The second kappa shape index (κ2) is 9.69. The zero-order valence-electron chi connectivity index (χ0n) is 17.6. The Morgan fingerprint density at radius 2 is 1.79 bits per heavy atom. The molecule has 8 heteroatoms. The van der Waals surface area contributed by atoms with Gasteiger partial charge in [0.2, 0.25) is 5.91 Å². The van der Waals surface area contributed by atoms with E-state index in [-0.39, 0.29) is 5.56 Å². The number of nitrogens with one attached hydrogen (secondary N) is 2. The van der Waals surface area contributed by atoms with Crippen LogP contribution in [0.2, 0.25) is 0 Å². The van der Waals surface area contributed by atoms with Crippen molar-refractivity contribution >= 4 is 40.3 Å². The van der Waals surface area contributed by atoms with Gasteiger partial charge in [0.25, 0.3) is 5.91 Å². The average Bonchev–Trinajstić information content (AvgIpc) is 2.83. The standard InChI is InChI=1S/C25H19FN4O3/c1-33-23-11-9-18(14-22(23)30-25(32)16-5-4-6-17(26)13-16)29-24(31)12-10-19-15-27-20-7-2-3-8-21(20)28-19/h2-15H,1H3,(H,29,31)(H,30,32)/b12-10+. The third kappa shape index (κ3) is 5.37. The minimum atomic E-state index is -0.515. The number of aromatic nitrogens is 2. The molecule has 7 nitrogen and oxygen atoms in total. The molecule has 0 saturated carbocycles. The Bertz CT molecular complexity index is 1370. The van der Waals surface area contributed by atoms with Crippen molar-refractivity contribution in [3.8, 4) is 5.75 Å². The van der Waals surface area contributed by atoms with Crippen LogP contribution in [-0.4, -0.2) is 28.9 Å². The number of carbonyl (C=O) groups excluding carboxylic acids is 2. The summed E-state index contributed by atoms with van der Waals surface area (Å²) in [6, 6.07) is 17.6. The number of fused-ring (bicyclic) bond motifs is 1. The number of anilines is 2. The summed E-state index contributed by atoms with van der Waals surface area (Å²) in [6.45, 7) is 0. The number of rotatable bonds is 6. The summed E-state index contributed by atoms with van der Waals surface area (Å²) in [6.07, 6.45) is 4.48. The maximum Gasteiger partial charge on any atom is 0.255 e. The van der Waals surface area contributed by atoms with Gasteiger partial charge < -0.3 is 15.4 Å². The lowest BCUT2D eigenvalue weighted by molar-refractivity contribution is -0.111. The van der Waals surface area contributed by atoms with E-state index in [1.165, 1.54) is 31.4 Å². The second-order valence-corrected chi connectivity index (χ2v) is 6.99. The zero-order chi connectivity index (χ0) is 23.2. The highest BCUT2D eigenvalue weighted by molar-refractivity contribution is 6.06. The Hall–Kier alpha value is -4.59. The molecule has 0 saturated heterocycles. The highest BCUT2D eigenvalue weighted by atomic mass is 19.1. The van der Waals surface area contributed by atoms with Crippen molar-refractivity contribution in [3.05, 3.63) is 96.1 Å². The van der Waals surface area contributed by atoms with Crippen molar-refractivity contribution in [1.82, 2.24) is 9.97 Å². The molecule has 1 aromatic heterocycles. The molecule has 0 fully saturated rings. The van der Waals surface area contributed by atoms with Crippen LogP contribution in [0, 0.1) is 5.82 Å². The molecule has 164 valence electrons. The van der Waals surface area contributed by atoms with Gasteiger partial charge in [-0.2, -0.15) is 0 Å². The number of hydrogen-bond donors (Lipinski definition) is 2. The van der Waals surface area contributed by atoms with Gasteiger partial charge in [-0.05, 0) is 54.6 Å². The van der Waals surface area contributed by atoms with Crippen LogP contribution in [0.1, 0.15) is 16.1 Å². The smallest absolute Gasteiger partial charge is 0.255 e. The van der Waals surface area contributed by atoms with E-state index >= 15 is 0 Å². The molecule has 0 spiro atoms. The molecule has 0 atom stereocenters. The zero-order valence-corrected chi connectivity index (χ0v) is 17.6. The monoisotopic (exact) mass is 442 g/mol. The van der Waals surface area contributed by atoms with Gasteiger partial charge in [0.05, 0.1) is 35.7 Å². The van der Waals surface area contributed by atoms with Gasteiger partial charge in [-0.25, -0.2) is 9.37 Å². The third-order valence-corrected chi connectivity index (χ3v) is 4.67. The molecule has 0 aliphatic rings. The van der Waals surface area contributed by atoms with Gasteiger partial charge in [0.1, 0.15) is 11.6 Å². The Morgan fingerprint density at radius 3 is 2.58 bits per heavy atom. The first kappa shape index (κ1) is 21.6. The second-order valence-electron chi connectivity index (χ2n) is 6.99. The first-order valence-electron chi connectivity index (χ1n) is 9.97. The molecule has 4 rings (SSSR count). The molecular formula is C25H19FN4O3. The predicted molar refractivity (Wildman–Crippen MR) is 125 cm³/mol. The topological polar surface area (TPSA) is 93.2 Å². The van der Waals surface area contributed by atoms with Crippen LogP contribution in [0.25, 0.3) is 17.1 Å². The van der Waals surface area contributed by atoms with Crippen molar-refractivity contribution < 1.29 is 18.7 Å². The van der Waals surface area contributed by atoms with Crippen molar-refractivity contribution in [1.29, 1.82) is 0 Å². The number of halogens is 1. The lowest BCUT2D eigenvalue weighted by Crippen LogP contribution is -2.14. The molecule has 33 heavy (non-hydrogen) atoms. The maximum atomic E-state index is 13.4. The van der Waals surface area contributed by atoms with Crippen LogP contribution >= 0.6 is 0 Å². The van der Waals surface area contributed by atoms with Gasteiger partial charge in [-0.1, -0.05) is 18.2 Å². The Morgan fingerprint density at radius 1 is 0.970 bits per heavy atom. The average molecular weight is 442 g/mol. The van der Waals surface area contributed by atoms with E-state index in [1.54, 1.807) is 30.5 Å². The first-order chi connectivity index (χ1) is 16.0.